The van der Waals surface area contributed by atoms with Crippen molar-refractivity contribution in [1.82, 2.24) is 5.32 Å². The zero-order chi connectivity index (χ0) is 20.9. The van der Waals surface area contributed by atoms with Crippen LogP contribution in [0.15, 0.2) is 83.9 Å². The SMILES string of the molecule is CCOc1ccccc1C(=O)NC1N=C(c2ccccc2)c2ccccc2NC1=O. The maximum absolute atomic E-state index is 12.9. The van der Waals surface area contributed by atoms with E-state index >= 15 is 0 Å². The molecule has 1 unspecified atom stereocenters. The number of nitrogens with one attached hydrogen (secondary N) is 2. The van der Waals surface area contributed by atoms with Gasteiger partial charge in [0.15, 0.2) is 0 Å². The second kappa shape index (κ2) is 8.61. The number of fused-ring (bicyclic) bond motifs is 1. The molecule has 3 aromatic carbocycles. The first-order valence-corrected chi connectivity index (χ1v) is 9.73. The van der Waals surface area contributed by atoms with E-state index in [-0.39, 0.29) is 0 Å². The molecule has 0 bridgehead atoms. The molecule has 2 amide bonds. The van der Waals surface area contributed by atoms with Gasteiger partial charge in [-0.15, -0.1) is 0 Å². The summed E-state index contributed by atoms with van der Waals surface area (Å²) in [7, 11) is 0. The number of para-hydroxylation sites is 2. The fraction of sp³-hybridized carbons (Fsp3) is 0.125. The van der Waals surface area contributed by atoms with Gasteiger partial charge >= 0.3 is 0 Å². The maximum Gasteiger partial charge on any atom is 0.269 e. The number of benzene rings is 3. The van der Waals surface area contributed by atoms with Crippen LogP contribution in [0.5, 0.6) is 5.75 Å². The number of anilines is 1. The highest BCUT2D eigenvalue weighted by atomic mass is 16.5. The number of hydrogen-bond donors (Lipinski definition) is 2. The summed E-state index contributed by atoms with van der Waals surface area (Å²) in [6, 6.07) is 24.0. The summed E-state index contributed by atoms with van der Waals surface area (Å²) in [5.74, 6) is -0.376. The molecule has 0 aliphatic carbocycles. The number of aliphatic imine (C=N–C) groups is 1. The summed E-state index contributed by atoms with van der Waals surface area (Å²) >= 11 is 0. The molecular weight excluding hydrogens is 378 g/mol. The molecule has 1 atom stereocenters. The van der Waals surface area contributed by atoms with Crippen molar-refractivity contribution in [1.29, 1.82) is 0 Å². The third-order valence-corrected chi connectivity index (χ3v) is 4.69. The van der Waals surface area contributed by atoms with Crippen molar-refractivity contribution >= 4 is 23.2 Å². The van der Waals surface area contributed by atoms with Crippen molar-refractivity contribution in [3.63, 3.8) is 0 Å². The Balaban J connectivity index is 1.72. The van der Waals surface area contributed by atoms with Crippen LogP contribution in [0.4, 0.5) is 5.69 Å². The Morgan fingerprint density at radius 2 is 1.70 bits per heavy atom. The molecule has 0 saturated heterocycles. The molecule has 1 aliphatic rings. The van der Waals surface area contributed by atoms with Gasteiger partial charge in [-0.1, -0.05) is 60.7 Å². The highest BCUT2D eigenvalue weighted by Crippen LogP contribution is 2.24. The third kappa shape index (κ3) is 3.93. The van der Waals surface area contributed by atoms with Crippen LogP contribution < -0.4 is 15.4 Å². The Labute approximate surface area is 174 Å². The quantitative estimate of drug-likeness (QED) is 0.688. The van der Waals surface area contributed by atoms with Crippen molar-refractivity contribution in [3.8, 4) is 5.75 Å². The average Bonchev–Trinajstić information content (AvgIpc) is 2.91. The van der Waals surface area contributed by atoms with Crippen LogP contribution in [0, 0.1) is 0 Å². The number of amides is 2. The molecule has 6 nitrogen and oxygen atoms in total. The Morgan fingerprint density at radius 3 is 2.50 bits per heavy atom. The molecule has 0 fully saturated rings. The number of benzodiazepines with no additional fused rings is 1. The second-order valence-electron chi connectivity index (χ2n) is 6.68. The normalized spacial score (nSPS) is 15.3. The van der Waals surface area contributed by atoms with Crippen LogP contribution in [0.3, 0.4) is 0 Å². The zero-order valence-corrected chi connectivity index (χ0v) is 16.5. The number of rotatable bonds is 5. The summed E-state index contributed by atoms with van der Waals surface area (Å²) in [4.78, 5) is 30.5. The Morgan fingerprint density at radius 1 is 1.00 bits per heavy atom. The van der Waals surface area contributed by atoms with E-state index in [2.05, 4.69) is 15.6 Å². The third-order valence-electron chi connectivity index (χ3n) is 4.69. The molecule has 1 aliphatic heterocycles. The summed E-state index contributed by atoms with van der Waals surface area (Å²) in [5.41, 5.74) is 3.29. The Bertz CT molecular complexity index is 1110. The van der Waals surface area contributed by atoms with Crippen LogP contribution in [0.25, 0.3) is 0 Å². The van der Waals surface area contributed by atoms with Gasteiger partial charge in [0.2, 0.25) is 6.17 Å². The van der Waals surface area contributed by atoms with Gasteiger partial charge in [0, 0.05) is 11.1 Å². The van der Waals surface area contributed by atoms with Crippen molar-refractivity contribution in [3.05, 3.63) is 95.6 Å². The van der Waals surface area contributed by atoms with E-state index in [1.165, 1.54) is 0 Å². The number of nitrogens with zero attached hydrogens (tertiary/aromatic N) is 1. The highest BCUT2D eigenvalue weighted by molar-refractivity contribution is 6.20. The first kappa shape index (κ1) is 19.4. The molecule has 6 heteroatoms. The van der Waals surface area contributed by atoms with Gasteiger partial charge in [-0.05, 0) is 25.1 Å². The highest BCUT2D eigenvalue weighted by Gasteiger charge is 2.28. The Hall–Kier alpha value is -3.93. The molecule has 0 aromatic heterocycles. The molecule has 1 heterocycles. The van der Waals surface area contributed by atoms with Gasteiger partial charge in [0.05, 0.1) is 23.6 Å². The van der Waals surface area contributed by atoms with Gasteiger partial charge in [-0.2, -0.15) is 0 Å². The van der Waals surface area contributed by atoms with Gasteiger partial charge < -0.3 is 15.4 Å². The van der Waals surface area contributed by atoms with E-state index in [4.69, 9.17) is 4.74 Å². The second-order valence-corrected chi connectivity index (χ2v) is 6.68. The predicted molar refractivity (Wildman–Crippen MR) is 116 cm³/mol. The van der Waals surface area contributed by atoms with Crippen molar-refractivity contribution in [2.75, 3.05) is 11.9 Å². The Kier molecular flexibility index (Phi) is 5.57. The maximum atomic E-state index is 12.9. The molecule has 0 radical (unpaired) electrons. The molecule has 0 saturated carbocycles. The standard InChI is InChI=1S/C24H21N3O3/c1-2-30-20-15-9-7-13-18(20)23(28)27-22-24(29)25-19-14-8-6-12-17(19)21(26-22)16-10-4-3-5-11-16/h3-15,22H,2H2,1H3,(H,25,29)(H,27,28). The lowest BCUT2D eigenvalue weighted by atomic mass is 10.0. The number of ether oxygens (including phenoxy) is 1. The monoisotopic (exact) mass is 399 g/mol. The number of carbonyl (C=O) groups is 2. The average molecular weight is 399 g/mol. The van der Waals surface area contributed by atoms with E-state index in [0.717, 1.165) is 11.1 Å². The minimum Gasteiger partial charge on any atom is -0.493 e. The lowest BCUT2D eigenvalue weighted by molar-refractivity contribution is -0.117. The van der Waals surface area contributed by atoms with E-state index in [0.29, 0.717) is 29.3 Å². The summed E-state index contributed by atoms with van der Waals surface area (Å²) in [5, 5.41) is 5.61. The summed E-state index contributed by atoms with van der Waals surface area (Å²) in [6.45, 7) is 2.28. The summed E-state index contributed by atoms with van der Waals surface area (Å²) in [6.07, 6.45) is -1.09. The molecule has 2 N–H and O–H groups in total. The van der Waals surface area contributed by atoms with Crippen LogP contribution in [-0.2, 0) is 4.79 Å². The van der Waals surface area contributed by atoms with Crippen LogP contribution in [0.2, 0.25) is 0 Å². The minimum atomic E-state index is -1.09. The lowest BCUT2D eigenvalue weighted by Crippen LogP contribution is -2.42. The fourth-order valence-corrected chi connectivity index (χ4v) is 3.32. The molecular formula is C24H21N3O3. The van der Waals surface area contributed by atoms with Crippen molar-refractivity contribution in [2.24, 2.45) is 4.99 Å². The van der Waals surface area contributed by atoms with Crippen LogP contribution >= 0.6 is 0 Å². The molecule has 4 rings (SSSR count). The summed E-state index contributed by atoms with van der Waals surface area (Å²) < 4.78 is 5.54. The van der Waals surface area contributed by atoms with Gasteiger partial charge in [0.25, 0.3) is 11.8 Å². The fourth-order valence-electron chi connectivity index (χ4n) is 3.32. The predicted octanol–water partition coefficient (Wildman–Crippen LogP) is 3.63. The molecule has 3 aromatic rings. The largest absolute Gasteiger partial charge is 0.493 e. The number of carbonyl (C=O) groups excluding carboxylic acids is 2. The molecule has 150 valence electrons. The van der Waals surface area contributed by atoms with Gasteiger partial charge in [-0.3, -0.25) is 9.59 Å². The van der Waals surface area contributed by atoms with Crippen molar-refractivity contribution in [2.45, 2.75) is 13.1 Å². The van der Waals surface area contributed by atoms with Crippen molar-refractivity contribution < 1.29 is 14.3 Å². The first-order chi connectivity index (χ1) is 14.7. The van der Waals surface area contributed by atoms with E-state index in [1.54, 1.807) is 24.3 Å². The van der Waals surface area contributed by atoms with Gasteiger partial charge in [-0.25, -0.2) is 4.99 Å². The molecule has 0 spiro atoms. The van der Waals surface area contributed by atoms with E-state index < -0.39 is 18.0 Å². The zero-order valence-electron chi connectivity index (χ0n) is 16.5. The first-order valence-electron chi connectivity index (χ1n) is 9.73. The molecule has 30 heavy (non-hydrogen) atoms. The number of hydrogen-bond acceptors (Lipinski definition) is 4. The lowest BCUT2D eigenvalue weighted by Gasteiger charge is -2.15. The van der Waals surface area contributed by atoms with Crippen LogP contribution in [-0.4, -0.2) is 30.3 Å². The smallest absolute Gasteiger partial charge is 0.269 e. The van der Waals surface area contributed by atoms with Gasteiger partial charge in [0.1, 0.15) is 5.75 Å². The van der Waals surface area contributed by atoms with Crippen LogP contribution in [0.1, 0.15) is 28.4 Å². The van der Waals surface area contributed by atoms with E-state index in [9.17, 15) is 9.59 Å². The van der Waals surface area contributed by atoms with E-state index in [1.807, 2.05) is 61.5 Å². The minimum absolute atomic E-state index is 0.352. The topological polar surface area (TPSA) is 79.8 Å².